The Hall–Kier alpha value is -1.14. The highest BCUT2D eigenvalue weighted by Gasteiger charge is 2.19. The normalized spacial score (nSPS) is 12.2. The van der Waals surface area contributed by atoms with Crippen LogP contribution >= 0.6 is 28.1 Å². The number of halogens is 1. The molecule has 0 heterocycles. The molecule has 1 unspecified atom stereocenters. The second kappa shape index (κ2) is 6.15. The van der Waals surface area contributed by atoms with E-state index >= 15 is 0 Å². The van der Waals surface area contributed by atoms with Gasteiger partial charge in [0.2, 0.25) is 5.91 Å². The fourth-order valence-electron chi connectivity index (χ4n) is 1.55. The third-order valence-corrected chi connectivity index (χ3v) is 3.41. The van der Waals surface area contributed by atoms with Crippen LogP contribution in [0.3, 0.4) is 0 Å². The molecule has 4 nitrogen and oxygen atoms in total. The van der Waals surface area contributed by atoms with Crippen LogP contribution in [-0.4, -0.2) is 16.9 Å². The average molecular weight is 330 g/mol. The van der Waals surface area contributed by atoms with E-state index in [-0.39, 0.29) is 11.8 Å². The first-order chi connectivity index (χ1) is 8.32. The molecule has 0 saturated carbocycles. The first-order valence-electron chi connectivity index (χ1n) is 5.48. The number of carbonyl (C=O) groups is 1. The van der Waals surface area contributed by atoms with Crippen LogP contribution in [0.1, 0.15) is 19.4 Å². The Morgan fingerprint density at radius 3 is 2.39 bits per heavy atom. The summed E-state index contributed by atoms with van der Waals surface area (Å²) in [6.45, 7) is 3.86. The number of anilines is 1. The second-order valence-electron chi connectivity index (χ2n) is 4.33. The van der Waals surface area contributed by atoms with Crippen LogP contribution in [0.25, 0.3) is 0 Å². The van der Waals surface area contributed by atoms with E-state index in [0.717, 1.165) is 15.7 Å². The standard InChI is InChI=1S/C12H16BrN3OS/c1-6(2)10(11(14)17)16-7-3-4-8(12(15)18)9(13)5-7/h3-6,10,16H,1-2H3,(H2,14,17)(H2,15,18). The number of amides is 1. The number of hydrogen-bond acceptors (Lipinski definition) is 3. The predicted molar refractivity (Wildman–Crippen MR) is 81.5 cm³/mol. The molecule has 98 valence electrons. The van der Waals surface area contributed by atoms with Crippen LogP contribution in [-0.2, 0) is 4.79 Å². The first kappa shape index (κ1) is 14.9. The zero-order chi connectivity index (χ0) is 13.9. The first-order valence-corrected chi connectivity index (χ1v) is 6.68. The Morgan fingerprint density at radius 1 is 1.39 bits per heavy atom. The molecule has 0 spiro atoms. The van der Waals surface area contributed by atoms with Crippen LogP contribution in [0.15, 0.2) is 22.7 Å². The highest BCUT2D eigenvalue weighted by molar-refractivity contribution is 9.10. The van der Waals surface area contributed by atoms with Crippen molar-refractivity contribution in [1.29, 1.82) is 0 Å². The monoisotopic (exact) mass is 329 g/mol. The lowest BCUT2D eigenvalue weighted by molar-refractivity contribution is -0.119. The summed E-state index contributed by atoms with van der Waals surface area (Å²) in [4.78, 5) is 11.6. The Labute approximate surface area is 120 Å². The van der Waals surface area contributed by atoms with Gasteiger partial charge in [-0.05, 0) is 40.0 Å². The molecule has 0 aliphatic heterocycles. The van der Waals surface area contributed by atoms with E-state index in [2.05, 4.69) is 21.2 Å². The summed E-state index contributed by atoms with van der Waals surface area (Å²) >= 11 is 8.31. The van der Waals surface area contributed by atoms with Gasteiger partial charge in [-0.25, -0.2) is 0 Å². The van der Waals surface area contributed by atoms with Gasteiger partial charge in [0, 0.05) is 15.7 Å². The molecule has 0 bridgehead atoms. The Kier molecular flexibility index (Phi) is 5.10. The van der Waals surface area contributed by atoms with Crippen molar-refractivity contribution in [1.82, 2.24) is 0 Å². The minimum absolute atomic E-state index is 0.108. The zero-order valence-electron chi connectivity index (χ0n) is 10.2. The Bertz CT molecular complexity index is 476. The molecule has 0 aliphatic rings. The van der Waals surface area contributed by atoms with E-state index in [0.29, 0.717) is 4.99 Å². The van der Waals surface area contributed by atoms with Crippen molar-refractivity contribution < 1.29 is 4.79 Å². The van der Waals surface area contributed by atoms with Gasteiger partial charge >= 0.3 is 0 Å². The van der Waals surface area contributed by atoms with Crippen LogP contribution in [0, 0.1) is 5.92 Å². The number of hydrogen-bond donors (Lipinski definition) is 3. The van der Waals surface area contributed by atoms with Gasteiger partial charge in [0.05, 0.1) is 0 Å². The maximum Gasteiger partial charge on any atom is 0.240 e. The molecule has 5 N–H and O–H groups in total. The van der Waals surface area contributed by atoms with Gasteiger partial charge < -0.3 is 16.8 Å². The van der Waals surface area contributed by atoms with Crippen LogP contribution < -0.4 is 16.8 Å². The summed E-state index contributed by atoms with van der Waals surface area (Å²) in [5.74, 6) is -0.268. The van der Waals surface area contributed by atoms with Crippen LogP contribution in [0.4, 0.5) is 5.69 Å². The highest BCUT2D eigenvalue weighted by atomic mass is 79.9. The van der Waals surface area contributed by atoms with E-state index in [1.807, 2.05) is 26.0 Å². The average Bonchev–Trinajstić information content (AvgIpc) is 2.24. The molecule has 1 aromatic carbocycles. The van der Waals surface area contributed by atoms with Crippen LogP contribution in [0.5, 0.6) is 0 Å². The number of thiocarbonyl (C=S) groups is 1. The topological polar surface area (TPSA) is 81.1 Å². The van der Waals surface area contributed by atoms with E-state index in [9.17, 15) is 4.79 Å². The Morgan fingerprint density at radius 2 is 2.00 bits per heavy atom. The van der Waals surface area contributed by atoms with Crippen molar-refractivity contribution in [2.75, 3.05) is 5.32 Å². The third kappa shape index (κ3) is 3.68. The molecule has 1 rings (SSSR count). The summed E-state index contributed by atoms with van der Waals surface area (Å²) in [5.41, 5.74) is 12.5. The lowest BCUT2D eigenvalue weighted by Gasteiger charge is -2.20. The summed E-state index contributed by atoms with van der Waals surface area (Å²) in [6.07, 6.45) is 0. The molecule has 6 heteroatoms. The number of nitrogens with two attached hydrogens (primary N) is 2. The van der Waals surface area contributed by atoms with Crippen molar-refractivity contribution >= 4 is 44.7 Å². The molecule has 1 amide bonds. The maximum atomic E-state index is 11.3. The number of nitrogens with one attached hydrogen (secondary N) is 1. The molecule has 0 saturated heterocycles. The fourth-order valence-corrected chi connectivity index (χ4v) is 2.45. The predicted octanol–water partition coefficient (Wildman–Crippen LogP) is 2.01. The van der Waals surface area contributed by atoms with E-state index in [1.54, 1.807) is 6.07 Å². The summed E-state index contributed by atoms with van der Waals surface area (Å²) in [6, 6.07) is 5.03. The SMILES string of the molecule is CC(C)C(Nc1ccc(C(N)=S)c(Br)c1)C(N)=O. The van der Waals surface area contributed by atoms with Gasteiger partial charge in [0.15, 0.2) is 0 Å². The molecule has 0 aliphatic carbocycles. The quantitative estimate of drug-likeness (QED) is 0.722. The maximum absolute atomic E-state index is 11.3. The zero-order valence-corrected chi connectivity index (χ0v) is 12.6. The van der Waals surface area contributed by atoms with Gasteiger partial charge in [-0.3, -0.25) is 4.79 Å². The summed E-state index contributed by atoms with van der Waals surface area (Å²) in [5, 5.41) is 3.10. The fraction of sp³-hybridized carbons (Fsp3) is 0.333. The molecular formula is C12H16BrN3OS. The van der Waals surface area contributed by atoms with Crippen molar-refractivity contribution in [3.8, 4) is 0 Å². The lowest BCUT2D eigenvalue weighted by Crippen LogP contribution is -2.39. The second-order valence-corrected chi connectivity index (χ2v) is 5.62. The van der Waals surface area contributed by atoms with E-state index in [4.69, 9.17) is 23.7 Å². The van der Waals surface area contributed by atoms with E-state index < -0.39 is 6.04 Å². The van der Waals surface area contributed by atoms with Gasteiger partial charge in [0.25, 0.3) is 0 Å². The third-order valence-electron chi connectivity index (χ3n) is 2.53. The number of carbonyl (C=O) groups excluding carboxylic acids is 1. The van der Waals surface area contributed by atoms with Gasteiger partial charge in [-0.1, -0.05) is 26.1 Å². The van der Waals surface area contributed by atoms with Crippen molar-refractivity contribution in [3.63, 3.8) is 0 Å². The molecule has 1 aromatic rings. The highest BCUT2D eigenvalue weighted by Crippen LogP contribution is 2.22. The van der Waals surface area contributed by atoms with Gasteiger partial charge in [-0.2, -0.15) is 0 Å². The molecule has 1 atom stereocenters. The minimum Gasteiger partial charge on any atom is -0.389 e. The van der Waals surface area contributed by atoms with Gasteiger partial charge in [0.1, 0.15) is 11.0 Å². The number of primary amides is 1. The molecule has 18 heavy (non-hydrogen) atoms. The largest absolute Gasteiger partial charge is 0.389 e. The molecular weight excluding hydrogens is 314 g/mol. The van der Waals surface area contributed by atoms with E-state index in [1.165, 1.54) is 0 Å². The minimum atomic E-state index is -0.410. The van der Waals surface area contributed by atoms with Crippen LogP contribution in [0.2, 0.25) is 0 Å². The summed E-state index contributed by atoms with van der Waals surface area (Å²) < 4.78 is 0.784. The number of rotatable bonds is 5. The molecule has 0 aromatic heterocycles. The van der Waals surface area contributed by atoms with Gasteiger partial charge in [-0.15, -0.1) is 0 Å². The summed E-state index contributed by atoms with van der Waals surface area (Å²) in [7, 11) is 0. The Balaban J connectivity index is 2.95. The van der Waals surface area contributed by atoms with Crippen molar-refractivity contribution in [2.24, 2.45) is 17.4 Å². The lowest BCUT2D eigenvalue weighted by atomic mass is 10.0. The smallest absolute Gasteiger partial charge is 0.240 e. The number of benzene rings is 1. The molecule has 0 fully saturated rings. The van der Waals surface area contributed by atoms with Crippen molar-refractivity contribution in [2.45, 2.75) is 19.9 Å². The van der Waals surface area contributed by atoms with Crippen molar-refractivity contribution in [3.05, 3.63) is 28.2 Å². The molecule has 0 radical (unpaired) electrons.